The second kappa shape index (κ2) is 7.57. The highest BCUT2D eigenvalue weighted by Crippen LogP contribution is 2.31. The number of imide groups is 1. The van der Waals surface area contributed by atoms with Crippen molar-refractivity contribution in [3.05, 3.63) is 39.9 Å². The van der Waals surface area contributed by atoms with Crippen molar-refractivity contribution < 1.29 is 19.3 Å². The summed E-state index contributed by atoms with van der Waals surface area (Å²) >= 11 is 0. The minimum Gasteiger partial charge on any atom is -0.352 e. The quantitative estimate of drug-likeness (QED) is 0.454. The van der Waals surface area contributed by atoms with Gasteiger partial charge in [-0.3, -0.25) is 24.6 Å². The molecule has 0 spiro atoms. The van der Waals surface area contributed by atoms with Crippen molar-refractivity contribution in [2.24, 2.45) is 5.92 Å². The average Bonchev–Trinajstić information content (AvgIpc) is 2.88. The van der Waals surface area contributed by atoms with E-state index < -0.39 is 22.4 Å². The molecule has 1 aliphatic carbocycles. The molecule has 0 aromatic heterocycles. The van der Waals surface area contributed by atoms with Gasteiger partial charge in [-0.1, -0.05) is 19.1 Å². The predicted octanol–water partition coefficient (Wildman–Crippen LogP) is 2.06. The summed E-state index contributed by atoms with van der Waals surface area (Å²) in [7, 11) is 0. The lowest BCUT2D eigenvalue weighted by Gasteiger charge is -2.27. The highest BCUT2D eigenvalue weighted by atomic mass is 16.6. The molecule has 28 heavy (non-hydrogen) atoms. The van der Waals surface area contributed by atoms with E-state index in [2.05, 4.69) is 17.6 Å². The minimum absolute atomic E-state index is 0.0626. The van der Waals surface area contributed by atoms with Gasteiger partial charge in [-0.2, -0.15) is 0 Å². The van der Waals surface area contributed by atoms with E-state index in [4.69, 9.17) is 0 Å². The first-order chi connectivity index (χ1) is 13.2. The van der Waals surface area contributed by atoms with Gasteiger partial charge in [0.05, 0.1) is 4.92 Å². The Morgan fingerprint density at radius 1 is 1.32 bits per heavy atom. The molecule has 1 heterocycles. The third-order valence-corrected chi connectivity index (χ3v) is 5.59. The van der Waals surface area contributed by atoms with Gasteiger partial charge in [0.2, 0.25) is 5.91 Å². The van der Waals surface area contributed by atoms with Crippen molar-refractivity contribution in [1.29, 1.82) is 0 Å². The van der Waals surface area contributed by atoms with Crippen LogP contribution in [0.5, 0.6) is 0 Å². The Morgan fingerprint density at radius 3 is 2.64 bits per heavy atom. The van der Waals surface area contributed by atoms with Gasteiger partial charge in [0.1, 0.15) is 12.1 Å². The van der Waals surface area contributed by atoms with Crippen molar-refractivity contribution in [3.8, 4) is 0 Å². The number of nitro benzene ring substituents is 1. The second-order valence-corrected chi connectivity index (χ2v) is 7.78. The summed E-state index contributed by atoms with van der Waals surface area (Å²) < 4.78 is 0. The number of benzene rings is 1. The van der Waals surface area contributed by atoms with E-state index in [1.807, 2.05) is 0 Å². The smallest absolute Gasteiger partial charge is 0.325 e. The first-order valence-electron chi connectivity index (χ1n) is 9.39. The highest BCUT2D eigenvalue weighted by Gasteiger charge is 2.49. The molecule has 2 aliphatic rings. The van der Waals surface area contributed by atoms with Crippen molar-refractivity contribution >= 4 is 23.5 Å². The van der Waals surface area contributed by atoms with Gasteiger partial charge >= 0.3 is 6.03 Å². The first-order valence-corrected chi connectivity index (χ1v) is 9.39. The number of hydrogen-bond acceptors (Lipinski definition) is 5. The molecule has 9 nitrogen and oxygen atoms in total. The normalized spacial score (nSPS) is 27.4. The molecule has 150 valence electrons. The van der Waals surface area contributed by atoms with Crippen LogP contribution in [0.2, 0.25) is 0 Å². The van der Waals surface area contributed by atoms with E-state index in [0.29, 0.717) is 11.5 Å². The van der Waals surface area contributed by atoms with E-state index in [-0.39, 0.29) is 24.2 Å². The maximum Gasteiger partial charge on any atom is 0.325 e. The molecule has 1 saturated heterocycles. The number of carbonyl (C=O) groups is 3. The number of nitro groups is 1. The van der Waals surface area contributed by atoms with Gasteiger partial charge in [-0.05, 0) is 44.1 Å². The molecule has 1 atom stereocenters. The van der Waals surface area contributed by atoms with Crippen LogP contribution in [0, 0.1) is 16.0 Å². The van der Waals surface area contributed by atoms with Gasteiger partial charge in [0.15, 0.2) is 0 Å². The molecule has 1 aromatic carbocycles. The molecular formula is C19H24N4O5. The number of hydrogen-bond donors (Lipinski definition) is 2. The SMILES string of the molecule is CC1CCC(NC(=O)CN2C(=O)N[C@@](C)(c3cccc([N+](=O)[O-])c3)C2=O)CC1. The number of amides is 4. The third kappa shape index (κ3) is 3.83. The van der Waals surface area contributed by atoms with Gasteiger partial charge in [-0.25, -0.2) is 4.79 Å². The molecule has 1 aliphatic heterocycles. The summed E-state index contributed by atoms with van der Waals surface area (Å²) in [5, 5.41) is 16.5. The molecule has 0 bridgehead atoms. The zero-order valence-electron chi connectivity index (χ0n) is 15.9. The average molecular weight is 388 g/mol. The molecule has 9 heteroatoms. The van der Waals surface area contributed by atoms with E-state index in [1.165, 1.54) is 31.2 Å². The summed E-state index contributed by atoms with van der Waals surface area (Å²) in [5.41, 5.74) is -1.34. The van der Waals surface area contributed by atoms with Crippen LogP contribution in [-0.4, -0.2) is 40.3 Å². The number of nitrogens with one attached hydrogen (secondary N) is 2. The van der Waals surface area contributed by atoms with Gasteiger partial charge in [0, 0.05) is 18.2 Å². The number of carbonyl (C=O) groups excluding carboxylic acids is 3. The van der Waals surface area contributed by atoms with Crippen LogP contribution >= 0.6 is 0 Å². The predicted molar refractivity (Wildman–Crippen MR) is 100 cm³/mol. The fourth-order valence-corrected chi connectivity index (χ4v) is 3.79. The molecule has 2 N–H and O–H groups in total. The van der Waals surface area contributed by atoms with Crippen molar-refractivity contribution in [1.82, 2.24) is 15.5 Å². The number of non-ortho nitro benzene ring substituents is 1. The maximum absolute atomic E-state index is 12.9. The van der Waals surface area contributed by atoms with Crippen LogP contribution in [0.25, 0.3) is 0 Å². The fourth-order valence-electron chi connectivity index (χ4n) is 3.79. The van der Waals surface area contributed by atoms with Crippen LogP contribution in [0.3, 0.4) is 0 Å². The van der Waals surface area contributed by atoms with Crippen LogP contribution in [0.1, 0.15) is 45.1 Å². The van der Waals surface area contributed by atoms with Crippen molar-refractivity contribution in [2.75, 3.05) is 6.54 Å². The lowest BCUT2D eigenvalue weighted by molar-refractivity contribution is -0.385. The standard InChI is InChI=1S/C19H24N4O5/c1-12-6-8-14(9-7-12)20-16(24)11-22-17(25)19(2,21-18(22)26)13-4-3-5-15(10-13)23(27)28/h3-5,10,12,14H,6-9,11H2,1-2H3,(H,20,24)(H,21,26)/t12?,14?,19-/m0/s1. The zero-order chi connectivity index (χ0) is 20.5. The first kappa shape index (κ1) is 19.8. The summed E-state index contributed by atoms with van der Waals surface area (Å²) in [6, 6.07) is 4.93. The Balaban J connectivity index is 1.70. The third-order valence-electron chi connectivity index (χ3n) is 5.59. The molecule has 0 radical (unpaired) electrons. The van der Waals surface area contributed by atoms with Crippen LogP contribution in [0.15, 0.2) is 24.3 Å². The number of rotatable bonds is 5. The molecule has 4 amide bonds. The second-order valence-electron chi connectivity index (χ2n) is 7.78. The zero-order valence-corrected chi connectivity index (χ0v) is 15.9. The topological polar surface area (TPSA) is 122 Å². The molecular weight excluding hydrogens is 364 g/mol. The lowest BCUT2D eigenvalue weighted by Crippen LogP contribution is -2.46. The van der Waals surface area contributed by atoms with Gasteiger partial charge in [0.25, 0.3) is 11.6 Å². The monoisotopic (exact) mass is 388 g/mol. The Kier molecular flexibility index (Phi) is 5.35. The Labute approximate surface area is 162 Å². The van der Waals surface area contributed by atoms with Crippen LogP contribution in [0.4, 0.5) is 10.5 Å². The van der Waals surface area contributed by atoms with Crippen LogP contribution < -0.4 is 10.6 Å². The lowest BCUT2D eigenvalue weighted by atomic mass is 9.87. The molecule has 1 aromatic rings. The van der Waals surface area contributed by atoms with E-state index >= 15 is 0 Å². The largest absolute Gasteiger partial charge is 0.352 e. The summed E-state index contributed by atoms with van der Waals surface area (Å²) in [4.78, 5) is 48.9. The van der Waals surface area contributed by atoms with Gasteiger partial charge < -0.3 is 10.6 Å². The minimum atomic E-state index is -1.45. The molecule has 0 unspecified atom stereocenters. The number of nitrogens with zero attached hydrogens (tertiary/aromatic N) is 2. The van der Waals surface area contributed by atoms with Crippen molar-refractivity contribution in [2.45, 2.75) is 51.1 Å². The molecule has 2 fully saturated rings. The number of urea groups is 1. The van der Waals surface area contributed by atoms with Crippen LogP contribution in [-0.2, 0) is 15.1 Å². The highest BCUT2D eigenvalue weighted by molar-refractivity contribution is 6.09. The fraction of sp³-hybridized carbons (Fsp3) is 0.526. The molecule has 1 saturated carbocycles. The Morgan fingerprint density at radius 2 is 2.00 bits per heavy atom. The maximum atomic E-state index is 12.9. The van der Waals surface area contributed by atoms with E-state index in [9.17, 15) is 24.5 Å². The van der Waals surface area contributed by atoms with Crippen molar-refractivity contribution in [3.63, 3.8) is 0 Å². The summed E-state index contributed by atoms with van der Waals surface area (Å²) in [6.45, 7) is 3.29. The van der Waals surface area contributed by atoms with E-state index in [0.717, 1.165) is 30.6 Å². The summed E-state index contributed by atoms with van der Waals surface area (Å²) in [5.74, 6) is -0.341. The Hall–Kier alpha value is -2.97. The van der Waals surface area contributed by atoms with E-state index in [1.54, 1.807) is 0 Å². The van der Waals surface area contributed by atoms with Gasteiger partial charge in [-0.15, -0.1) is 0 Å². The molecule has 3 rings (SSSR count). The Bertz CT molecular complexity index is 818. The summed E-state index contributed by atoms with van der Waals surface area (Å²) in [6.07, 6.45) is 3.86.